The van der Waals surface area contributed by atoms with E-state index in [4.69, 9.17) is 4.74 Å². The molecule has 0 saturated carbocycles. The summed E-state index contributed by atoms with van der Waals surface area (Å²) in [4.78, 5) is 9.12. The first-order valence-corrected chi connectivity index (χ1v) is 13.0. The van der Waals surface area contributed by atoms with Crippen molar-refractivity contribution >= 4 is 0 Å². The highest BCUT2D eigenvalue weighted by Gasteiger charge is 2.08. The van der Waals surface area contributed by atoms with Crippen LogP contribution < -0.4 is 4.74 Å². The van der Waals surface area contributed by atoms with Gasteiger partial charge in [-0.3, -0.25) is 0 Å². The Bertz CT molecular complexity index is 939. The predicted molar refractivity (Wildman–Crippen MR) is 140 cm³/mol. The molecule has 3 rings (SSSR count). The largest absolute Gasteiger partial charge is 0.491 e. The number of alkyl halides is 1. The molecular weight excluding hydrogens is 423 g/mol. The molecule has 0 spiro atoms. The summed E-state index contributed by atoms with van der Waals surface area (Å²) in [6, 6.07) is 16.3. The van der Waals surface area contributed by atoms with Crippen LogP contribution in [0.4, 0.5) is 4.39 Å². The third-order valence-corrected chi connectivity index (χ3v) is 6.17. The van der Waals surface area contributed by atoms with Gasteiger partial charge in [0.1, 0.15) is 18.5 Å². The number of rotatable bonds is 15. The van der Waals surface area contributed by atoms with Crippen LogP contribution in [0.2, 0.25) is 0 Å². The molecule has 1 heterocycles. The summed E-state index contributed by atoms with van der Waals surface area (Å²) in [6.07, 6.45) is 14.4. The highest BCUT2D eigenvalue weighted by molar-refractivity contribution is 5.64. The van der Waals surface area contributed by atoms with Gasteiger partial charge in [0, 0.05) is 23.5 Å². The number of benzene rings is 2. The third kappa shape index (κ3) is 8.55. The lowest BCUT2D eigenvalue weighted by Gasteiger charge is -2.10. The summed E-state index contributed by atoms with van der Waals surface area (Å²) in [5.41, 5.74) is 4.45. The van der Waals surface area contributed by atoms with Crippen molar-refractivity contribution in [3.8, 4) is 28.3 Å². The number of ether oxygens (including phenoxy) is 1. The van der Waals surface area contributed by atoms with Gasteiger partial charge in [0.05, 0.1) is 0 Å². The van der Waals surface area contributed by atoms with E-state index in [1.807, 2.05) is 36.7 Å². The topological polar surface area (TPSA) is 35.0 Å². The van der Waals surface area contributed by atoms with Crippen LogP contribution in [0.3, 0.4) is 0 Å². The Hall–Kier alpha value is -2.75. The zero-order chi connectivity index (χ0) is 24.0. The van der Waals surface area contributed by atoms with E-state index in [2.05, 4.69) is 48.1 Å². The first kappa shape index (κ1) is 25.9. The van der Waals surface area contributed by atoms with Crippen LogP contribution in [0.25, 0.3) is 22.5 Å². The average Bonchev–Trinajstić information content (AvgIpc) is 2.89. The van der Waals surface area contributed by atoms with Gasteiger partial charge in [-0.2, -0.15) is 0 Å². The highest BCUT2D eigenvalue weighted by atomic mass is 19.1. The van der Waals surface area contributed by atoms with E-state index >= 15 is 0 Å². The quantitative estimate of drug-likeness (QED) is 0.212. The number of hydrogen-bond donors (Lipinski definition) is 0. The van der Waals surface area contributed by atoms with E-state index in [0.29, 0.717) is 18.0 Å². The zero-order valence-electron chi connectivity index (χ0n) is 20.8. The summed E-state index contributed by atoms with van der Waals surface area (Å²) < 4.78 is 19.4. The fraction of sp³-hybridized carbons (Fsp3) is 0.467. The molecule has 0 aliphatic rings. The second-order valence-corrected chi connectivity index (χ2v) is 9.08. The van der Waals surface area contributed by atoms with Crippen molar-refractivity contribution in [3.63, 3.8) is 0 Å². The van der Waals surface area contributed by atoms with Crippen molar-refractivity contribution in [1.29, 1.82) is 0 Å². The molecule has 0 aliphatic heterocycles. The summed E-state index contributed by atoms with van der Waals surface area (Å²) in [7, 11) is 0. The van der Waals surface area contributed by atoms with Crippen molar-refractivity contribution in [1.82, 2.24) is 9.97 Å². The summed E-state index contributed by atoms with van der Waals surface area (Å²) in [5, 5.41) is 0. The van der Waals surface area contributed by atoms with E-state index in [9.17, 15) is 4.39 Å². The highest BCUT2D eigenvalue weighted by Crippen LogP contribution is 2.23. The van der Waals surface area contributed by atoms with E-state index in [0.717, 1.165) is 36.0 Å². The van der Waals surface area contributed by atoms with Crippen LogP contribution in [0.5, 0.6) is 5.75 Å². The molecule has 182 valence electrons. The maximum absolute atomic E-state index is 13.8. The molecule has 34 heavy (non-hydrogen) atoms. The van der Waals surface area contributed by atoms with Gasteiger partial charge in [0.15, 0.2) is 5.82 Å². The van der Waals surface area contributed by atoms with Gasteiger partial charge < -0.3 is 4.74 Å². The maximum atomic E-state index is 13.8. The molecule has 1 atom stereocenters. The Morgan fingerprint density at radius 3 is 2.00 bits per heavy atom. The number of aromatic nitrogens is 2. The Morgan fingerprint density at radius 2 is 1.32 bits per heavy atom. The molecule has 0 N–H and O–H groups in total. The molecule has 2 aromatic carbocycles. The fourth-order valence-corrected chi connectivity index (χ4v) is 4.00. The monoisotopic (exact) mass is 462 g/mol. The minimum absolute atomic E-state index is 0.0995. The van der Waals surface area contributed by atoms with Crippen molar-refractivity contribution in [2.24, 2.45) is 0 Å². The molecule has 0 bridgehead atoms. The number of unbranched alkanes of at least 4 members (excludes halogenated alkanes) is 6. The van der Waals surface area contributed by atoms with Crippen LogP contribution in [0.15, 0.2) is 60.9 Å². The molecule has 3 nitrogen and oxygen atoms in total. The Kier molecular flexibility index (Phi) is 11.0. The lowest BCUT2D eigenvalue weighted by atomic mass is 10.0. The summed E-state index contributed by atoms with van der Waals surface area (Å²) >= 11 is 0. The SMILES string of the molecule is CCCCCCCCc1ccc(-c2cnc(-c3ccc(OCC(F)CCCC)cc3)nc2)cc1. The first-order valence-electron chi connectivity index (χ1n) is 13.0. The minimum Gasteiger partial charge on any atom is -0.491 e. The minimum atomic E-state index is -0.917. The molecule has 0 aliphatic carbocycles. The van der Waals surface area contributed by atoms with Gasteiger partial charge in [-0.1, -0.05) is 83.1 Å². The van der Waals surface area contributed by atoms with Crippen LogP contribution >= 0.6 is 0 Å². The molecule has 0 amide bonds. The van der Waals surface area contributed by atoms with E-state index in [-0.39, 0.29) is 6.61 Å². The van der Waals surface area contributed by atoms with E-state index in [1.54, 1.807) is 0 Å². The maximum Gasteiger partial charge on any atom is 0.159 e. The van der Waals surface area contributed by atoms with Gasteiger partial charge in [-0.25, -0.2) is 14.4 Å². The van der Waals surface area contributed by atoms with Crippen LogP contribution in [-0.2, 0) is 6.42 Å². The van der Waals surface area contributed by atoms with Crippen molar-refractivity contribution in [3.05, 3.63) is 66.5 Å². The summed E-state index contributed by atoms with van der Waals surface area (Å²) in [6.45, 7) is 4.42. The molecule has 4 heteroatoms. The van der Waals surface area contributed by atoms with Crippen LogP contribution in [0.1, 0.15) is 77.2 Å². The van der Waals surface area contributed by atoms with Crippen molar-refractivity contribution in [2.45, 2.75) is 84.2 Å². The van der Waals surface area contributed by atoms with Crippen molar-refractivity contribution < 1.29 is 9.13 Å². The normalized spacial score (nSPS) is 12.0. The molecule has 1 unspecified atom stereocenters. The van der Waals surface area contributed by atoms with E-state index < -0.39 is 6.17 Å². The summed E-state index contributed by atoms with van der Waals surface area (Å²) in [5.74, 6) is 1.34. The van der Waals surface area contributed by atoms with Gasteiger partial charge in [-0.05, 0) is 54.7 Å². The molecule has 0 saturated heterocycles. The predicted octanol–water partition coefficient (Wildman–Crippen LogP) is 8.62. The van der Waals surface area contributed by atoms with Gasteiger partial charge >= 0.3 is 0 Å². The average molecular weight is 463 g/mol. The molecule has 0 fully saturated rings. The Balaban J connectivity index is 1.49. The standard InChI is InChI=1S/C30H39FN2O/c1-3-5-7-8-9-10-11-24-13-15-25(16-14-24)27-21-32-30(33-22-27)26-17-19-29(20-18-26)34-23-28(31)12-6-4-2/h13-22,28H,3-12,23H2,1-2H3. The second kappa shape index (κ2) is 14.5. The third-order valence-electron chi connectivity index (χ3n) is 6.17. The first-order chi connectivity index (χ1) is 16.7. The smallest absolute Gasteiger partial charge is 0.159 e. The molecule has 3 aromatic rings. The van der Waals surface area contributed by atoms with Gasteiger partial charge in [0.2, 0.25) is 0 Å². The second-order valence-electron chi connectivity index (χ2n) is 9.08. The number of halogens is 1. The Labute approximate surface area is 204 Å². The van der Waals surface area contributed by atoms with Gasteiger partial charge in [0.25, 0.3) is 0 Å². The fourth-order valence-electron chi connectivity index (χ4n) is 4.00. The lowest BCUT2D eigenvalue weighted by molar-refractivity contribution is 0.184. The number of hydrogen-bond acceptors (Lipinski definition) is 3. The van der Waals surface area contributed by atoms with E-state index in [1.165, 1.54) is 44.1 Å². The molecular formula is C30H39FN2O. The van der Waals surface area contributed by atoms with Crippen molar-refractivity contribution in [2.75, 3.05) is 6.61 Å². The van der Waals surface area contributed by atoms with Crippen LogP contribution in [-0.4, -0.2) is 22.7 Å². The lowest BCUT2D eigenvalue weighted by Crippen LogP contribution is -2.12. The van der Waals surface area contributed by atoms with Crippen LogP contribution in [0, 0.1) is 0 Å². The number of aryl methyl sites for hydroxylation is 1. The molecule has 1 aromatic heterocycles. The molecule has 0 radical (unpaired) electrons. The zero-order valence-corrected chi connectivity index (χ0v) is 20.8. The Morgan fingerprint density at radius 1 is 0.706 bits per heavy atom. The van der Waals surface area contributed by atoms with Gasteiger partial charge in [-0.15, -0.1) is 0 Å². The number of nitrogens with zero attached hydrogens (tertiary/aromatic N) is 2.